The van der Waals surface area contributed by atoms with Gasteiger partial charge in [0.15, 0.2) is 5.11 Å². The van der Waals surface area contributed by atoms with E-state index in [0.717, 1.165) is 11.1 Å². The molecule has 0 saturated carbocycles. The third-order valence-corrected chi connectivity index (χ3v) is 7.00. The zero-order valence-electron chi connectivity index (χ0n) is 19.8. The maximum atomic E-state index is 13.6. The summed E-state index contributed by atoms with van der Waals surface area (Å²) in [5.41, 5.74) is 3.24. The first-order valence-electron chi connectivity index (χ1n) is 11.4. The van der Waals surface area contributed by atoms with Gasteiger partial charge in [-0.25, -0.2) is 0 Å². The van der Waals surface area contributed by atoms with Gasteiger partial charge >= 0.3 is 0 Å². The number of carbonyl (C=O) groups is 2. The molecule has 0 spiro atoms. The Labute approximate surface area is 225 Å². The van der Waals surface area contributed by atoms with Gasteiger partial charge in [-0.05, 0) is 79.7 Å². The van der Waals surface area contributed by atoms with E-state index in [-0.39, 0.29) is 18.2 Å². The quantitative estimate of drug-likeness (QED) is 0.360. The third-order valence-electron chi connectivity index (χ3n) is 6.00. The molecule has 36 heavy (non-hydrogen) atoms. The van der Waals surface area contributed by atoms with E-state index in [1.807, 2.05) is 37.3 Å². The molecule has 0 bridgehead atoms. The lowest BCUT2D eigenvalue weighted by Gasteiger charge is -2.24. The molecular formula is C27H25Cl2N3O3S. The highest BCUT2D eigenvalue weighted by atomic mass is 35.5. The van der Waals surface area contributed by atoms with Crippen LogP contribution in [-0.2, 0) is 16.0 Å². The summed E-state index contributed by atoms with van der Waals surface area (Å²) in [4.78, 5) is 29.8. The number of nitrogens with zero attached hydrogens (tertiary/aromatic N) is 2. The molecule has 6 nitrogen and oxygen atoms in total. The van der Waals surface area contributed by atoms with Crippen molar-refractivity contribution in [2.75, 3.05) is 23.9 Å². The van der Waals surface area contributed by atoms with Gasteiger partial charge in [0.25, 0.3) is 5.91 Å². The number of hydrogen-bond acceptors (Lipinski definition) is 4. The molecule has 1 unspecified atom stereocenters. The Balaban J connectivity index is 1.55. The molecule has 9 heteroatoms. The number of ether oxygens (including phenoxy) is 1. The van der Waals surface area contributed by atoms with Crippen molar-refractivity contribution in [2.45, 2.75) is 25.8 Å². The number of hydrogen-bond donors (Lipinski definition) is 1. The predicted molar refractivity (Wildman–Crippen MR) is 148 cm³/mol. The van der Waals surface area contributed by atoms with Gasteiger partial charge in [-0.1, -0.05) is 47.0 Å². The van der Waals surface area contributed by atoms with E-state index >= 15 is 0 Å². The number of rotatable bonds is 8. The first-order chi connectivity index (χ1) is 17.3. The third kappa shape index (κ3) is 5.81. The molecule has 4 rings (SSSR count). The van der Waals surface area contributed by atoms with Crippen molar-refractivity contribution < 1.29 is 14.3 Å². The van der Waals surface area contributed by atoms with Crippen LogP contribution in [0.25, 0.3) is 0 Å². The Morgan fingerprint density at radius 1 is 1.06 bits per heavy atom. The van der Waals surface area contributed by atoms with Crippen LogP contribution in [0.2, 0.25) is 10.0 Å². The van der Waals surface area contributed by atoms with Gasteiger partial charge in [-0.15, -0.1) is 0 Å². The topological polar surface area (TPSA) is 61.9 Å². The van der Waals surface area contributed by atoms with Crippen LogP contribution >= 0.6 is 35.4 Å². The van der Waals surface area contributed by atoms with E-state index in [1.54, 1.807) is 48.4 Å². The van der Waals surface area contributed by atoms with Crippen molar-refractivity contribution in [3.63, 3.8) is 0 Å². The fourth-order valence-corrected chi connectivity index (χ4v) is 4.96. The molecule has 1 aliphatic rings. The summed E-state index contributed by atoms with van der Waals surface area (Å²) in [6.07, 6.45) is 0.476. The van der Waals surface area contributed by atoms with Gasteiger partial charge in [0.05, 0.1) is 19.2 Å². The molecule has 0 aliphatic carbocycles. The van der Waals surface area contributed by atoms with Crippen LogP contribution in [0.3, 0.4) is 0 Å². The number of methoxy groups -OCH3 is 1. The Hall–Kier alpha value is -3.13. The van der Waals surface area contributed by atoms with Gasteiger partial charge in [-0.3, -0.25) is 14.5 Å². The summed E-state index contributed by atoms with van der Waals surface area (Å²) in [6, 6.07) is 19.1. The molecule has 0 radical (unpaired) electrons. The molecule has 186 valence electrons. The average Bonchev–Trinajstić information content (AvgIpc) is 3.08. The number of anilines is 2. The van der Waals surface area contributed by atoms with Crippen LogP contribution in [0.15, 0.2) is 66.7 Å². The SMILES string of the molecule is COc1ccc(NC(=O)CC2C(=O)N(c3ccc(C)cc3)C(=S)N2CCc2ccc(Cl)cc2Cl)cc1. The maximum Gasteiger partial charge on any atom is 0.256 e. The maximum absolute atomic E-state index is 13.6. The molecule has 0 aromatic heterocycles. The van der Waals surface area contributed by atoms with Crippen LogP contribution < -0.4 is 15.0 Å². The smallest absolute Gasteiger partial charge is 0.256 e. The molecule has 1 aliphatic heterocycles. The van der Waals surface area contributed by atoms with E-state index in [1.165, 1.54) is 4.90 Å². The number of aryl methyl sites for hydroxylation is 1. The highest BCUT2D eigenvalue weighted by molar-refractivity contribution is 7.80. The number of benzene rings is 3. The first kappa shape index (κ1) is 25.9. The van der Waals surface area contributed by atoms with Gasteiger partial charge in [0, 0.05) is 22.3 Å². The van der Waals surface area contributed by atoms with Crippen molar-refractivity contribution in [2.24, 2.45) is 0 Å². The van der Waals surface area contributed by atoms with Gasteiger partial charge in [0.1, 0.15) is 11.8 Å². The molecule has 1 N–H and O–H groups in total. The second-order valence-electron chi connectivity index (χ2n) is 8.47. The monoisotopic (exact) mass is 541 g/mol. The summed E-state index contributed by atoms with van der Waals surface area (Å²) in [5, 5.41) is 4.31. The van der Waals surface area contributed by atoms with Crippen molar-refractivity contribution in [3.05, 3.63) is 87.9 Å². The van der Waals surface area contributed by atoms with E-state index in [2.05, 4.69) is 5.32 Å². The number of carbonyl (C=O) groups excluding carboxylic acids is 2. The normalized spacial score (nSPS) is 15.4. The first-order valence-corrected chi connectivity index (χ1v) is 12.5. The number of thiocarbonyl (C=S) groups is 1. The number of halogens is 2. The number of nitrogens with one attached hydrogen (secondary N) is 1. The minimum atomic E-state index is -0.747. The lowest BCUT2D eigenvalue weighted by molar-refractivity contribution is -0.124. The van der Waals surface area contributed by atoms with Crippen LogP contribution in [0, 0.1) is 6.92 Å². The lowest BCUT2D eigenvalue weighted by atomic mass is 10.1. The summed E-state index contributed by atoms with van der Waals surface area (Å²) in [5.74, 6) is 0.155. The molecule has 2 amide bonds. The largest absolute Gasteiger partial charge is 0.497 e. The van der Waals surface area contributed by atoms with Crippen molar-refractivity contribution in [1.82, 2.24) is 4.90 Å². The van der Waals surface area contributed by atoms with Gasteiger partial charge in [0.2, 0.25) is 5.91 Å². The second kappa shape index (κ2) is 11.3. The van der Waals surface area contributed by atoms with Crippen LogP contribution in [0.4, 0.5) is 11.4 Å². The minimum absolute atomic E-state index is 0.0539. The summed E-state index contributed by atoms with van der Waals surface area (Å²) < 4.78 is 5.16. The standard InChI is InChI=1S/C27H25Cl2N3O3S/c1-17-3-9-21(10-4-17)32-26(34)24(16-25(33)30-20-7-11-22(35-2)12-8-20)31(27(32)36)14-13-18-5-6-19(28)15-23(18)29/h3-12,15,24H,13-14,16H2,1-2H3,(H,30,33). The van der Waals surface area contributed by atoms with E-state index in [9.17, 15) is 9.59 Å². The van der Waals surface area contributed by atoms with Crippen LogP contribution in [0.1, 0.15) is 17.5 Å². The minimum Gasteiger partial charge on any atom is -0.497 e. The van der Waals surface area contributed by atoms with E-state index in [0.29, 0.717) is 45.2 Å². The van der Waals surface area contributed by atoms with Crippen molar-refractivity contribution in [1.29, 1.82) is 0 Å². The lowest BCUT2D eigenvalue weighted by Crippen LogP contribution is -2.39. The molecule has 1 heterocycles. The van der Waals surface area contributed by atoms with Gasteiger partial charge < -0.3 is 15.0 Å². The average molecular weight is 542 g/mol. The highest BCUT2D eigenvalue weighted by Gasteiger charge is 2.43. The molecular weight excluding hydrogens is 517 g/mol. The van der Waals surface area contributed by atoms with Crippen LogP contribution in [-0.4, -0.2) is 41.5 Å². The highest BCUT2D eigenvalue weighted by Crippen LogP contribution is 2.29. The van der Waals surface area contributed by atoms with E-state index < -0.39 is 6.04 Å². The summed E-state index contributed by atoms with van der Waals surface area (Å²) >= 11 is 18.1. The summed E-state index contributed by atoms with van der Waals surface area (Å²) in [6.45, 7) is 2.39. The molecule has 1 fully saturated rings. The van der Waals surface area contributed by atoms with E-state index in [4.69, 9.17) is 40.2 Å². The fraction of sp³-hybridized carbons (Fsp3) is 0.222. The zero-order valence-corrected chi connectivity index (χ0v) is 22.2. The Morgan fingerprint density at radius 3 is 2.39 bits per heavy atom. The summed E-state index contributed by atoms with van der Waals surface area (Å²) in [7, 11) is 1.58. The Morgan fingerprint density at radius 2 is 1.75 bits per heavy atom. The van der Waals surface area contributed by atoms with Crippen LogP contribution in [0.5, 0.6) is 5.75 Å². The molecule has 1 atom stereocenters. The molecule has 3 aromatic rings. The second-order valence-corrected chi connectivity index (χ2v) is 9.68. The van der Waals surface area contributed by atoms with Crippen molar-refractivity contribution in [3.8, 4) is 5.75 Å². The van der Waals surface area contributed by atoms with Gasteiger partial charge in [-0.2, -0.15) is 0 Å². The van der Waals surface area contributed by atoms with Crippen molar-refractivity contribution >= 4 is 63.7 Å². The molecule has 1 saturated heterocycles. The Bertz CT molecular complexity index is 1280. The Kier molecular flexibility index (Phi) is 8.14. The molecule has 3 aromatic carbocycles. The zero-order chi connectivity index (χ0) is 25.8. The fourth-order valence-electron chi connectivity index (χ4n) is 4.05. The number of amides is 2. The predicted octanol–water partition coefficient (Wildman–Crippen LogP) is 5.88.